The molecule has 0 bridgehead atoms. The number of hydrogen-bond donors (Lipinski definition) is 0. The fraction of sp³-hybridized carbons (Fsp3) is 0.125. The molecule has 0 atom stereocenters. The Morgan fingerprint density at radius 1 is 1.50 bits per heavy atom. The van der Waals surface area contributed by atoms with E-state index in [0.29, 0.717) is 5.56 Å². The summed E-state index contributed by atoms with van der Waals surface area (Å²) in [6.45, 7) is 0. The number of hydrogen-bond acceptors (Lipinski definition) is 2. The van der Waals surface area contributed by atoms with Gasteiger partial charge in [-0.05, 0) is 12.1 Å². The Bertz CT molecular complexity index is 299. The van der Waals surface area contributed by atoms with E-state index in [4.69, 9.17) is 0 Å². The number of halogens is 2. The first kappa shape index (κ1) is 8.64. The first-order valence-electron chi connectivity index (χ1n) is 3.18. The predicted octanol–water partition coefficient (Wildman–Crippen LogP) is 1.75. The van der Waals surface area contributed by atoms with E-state index < -0.39 is 11.6 Å². The normalized spacial score (nSPS) is 10.6. The summed E-state index contributed by atoms with van der Waals surface area (Å²) in [5, 5.41) is 3.37. The molecule has 0 spiro atoms. The van der Waals surface area contributed by atoms with Crippen LogP contribution in [0.4, 0.5) is 8.78 Å². The molecule has 0 saturated carbocycles. The maximum absolute atomic E-state index is 12.5. The van der Waals surface area contributed by atoms with Gasteiger partial charge in [0.2, 0.25) is 0 Å². The van der Waals surface area contributed by atoms with Gasteiger partial charge in [0, 0.05) is 11.6 Å². The summed E-state index contributed by atoms with van der Waals surface area (Å²) in [5.41, 5.74) is 0.329. The van der Waals surface area contributed by atoms with Crippen molar-refractivity contribution in [2.45, 2.75) is 0 Å². The summed E-state index contributed by atoms with van der Waals surface area (Å²) >= 11 is 0. The van der Waals surface area contributed by atoms with Gasteiger partial charge in [0.15, 0.2) is 11.6 Å². The number of nitrogens with zero attached hydrogens (tertiary/aromatic N) is 1. The van der Waals surface area contributed by atoms with Crippen LogP contribution in [0.2, 0.25) is 0 Å². The van der Waals surface area contributed by atoms with Crippen LogP contribution in [0.15, 0.2) is 17.3 Å². The van der Waals surface area contributed by atoms with Crippen molar-refractivity contribution in [1.29, 1.82) is 0 Å². The first-order chi connectivity index (χ1) is 5.74. The molecular formula is C8H6F2NO. The Kier molecular flexibility index (Phi) is 2.74. The van der Waals surface area contributed by atoms with Crippen molar-refractivity contribution in [3.05, 3.63) is 35.4 Å². The lowest BCUT2D eigenvalue weighted by molar-refractivity contribution is 0.215. The molecule has 4 heteroatoms. The van der Waals surface area contributed by atoms with Gasteiger partial charge in [-0.3, -0.25) is 0 Å². The molecule has 63 valence electrons. The molecule has 12 heavy (non-hydrogen) atoms. The Morgan fingerprint density at radius 2 is 2.25 bits per heavy atom. The van der Waals surface area contributed by atoms with E-state index in [9.17, 15) is 8.78 Å². The smallest absolute Gasteiger partial charge is 0.167 e. The molecule has 0 aliphatic rings. The lowest BCUT2D eigenvalue weighted by Gasteiger charge is -1.93. The highest BCUT2D eigenvalue weighted by atomic mass is 19.2. The van der Waals surface area contributed by atoms with Gasteiger partial charge in [-0.25, -0.2) is 8.78 Å². The minimum absolute atomic E-state index is 0.329. The maximum Gasteiger partial charge on any atom is 0.167 e. The molecule has 0 fully saturated rings. The molecule has 2 nitrogen and oxygen atoms in total. The van der Waals surface area contributed by atoms with Crippen molar-refractivity contribution in [2.75, 3.05) is 7.11 Å². The Balaban J connectivity index is 2.89. The van der Waals surface area contributed by atoms with Gasteiger partial charge in [-0.2, -0.15) is 0 Å². The van der Waals surface area contributed by atoms with E-state index in [2.05, 4.69) is 16.1 Å². The van der Waals surface area contributed by atoms with Crippen molar-refractivity contribution >= 4 is 6.21 Å². The highest BCUT2D eigenvalue weighted by molar-refractivity contribution is 5.78. The minimum atomic E-state index is -1.02. The lowest BCUT2D eigenvalue weighted by Crippen LogP contribution is -1.88. The Morgan fingerprint density at radius 3 is 2.83 bits per heavy atom. The van der Waals surface area contributed by atoms with Gasteiger partial charge in [-0.1, -0.05) is 5.16 Å². The quantitative estimate of drug-likeness (QED) is 0.489. The molecule has 0 saturated heterocycles. The third kappa shape index (κ3) is 2.02. The van der Waals surface area contributed by atoms with Gasteiger partial charge >= 0.3 is 0 Å². The molecule has 0 aliphatic carbocycles. The van der Waals surface area contributed by atoms with Gasteiger partial charge in [0.25, 0.3) is 0 Å². The highest BCUT2D eigenvalue weighted by Crippen LogP contribution is 2.05. The highest BCUT2D eigenvalue weighted by Gasteiger charge is 2.00. The standard InChI is InChI=1S/C8H6F2NO/c1-12-11-5-6-2-3-7(9)8(10)4-6/h2-3,5H,1H3. The topological polar surface area (TPSA) is 21.6 Å². The fourth-order valence-corrected chi connectivity index (χ4v) is 0.649. The summed E-state index contributed by atoms with van der Waals surface area (Å²) in [6.07, 6.45) is 1.24. The second-order valence-corrected chi connectivity index (χ2v) is 1.99. The minimum Gasteiger partial charge on any atom is -0.399 e. The summed E-state index contributed by atoms with van der Waals surface area (Å²) in [6, 6.07) is 4.49. The third-order valence-electron chi connectivity index (χ3n) is 1.17. The van der Waals surface area contributed by atoms with Crippen LogP contribution in [0.25, 0.3) is 0 Å². The van der Waals surface area contributed by atoms with Crippen LogP contribution in [0, 0.1) is 17.7 Å². The van der Waals surface area contributed by atoms with Crippen LogP contribution in [0.5, 0.6) is 0 Å². The van der Waals surface area contributed by atoms with E-state index in [1.807, 2.05) is 0 Å². The molecule has 0 amide bonds. The fourth-order valence-electron chi connectivity index (χ4n) is 0.649. The second-order valence-electron chi connectivity index (χ2n) is 1.99. The third-order valence-corrected chi connectivity index (χ3v) is 1.17. The summed E-state index contributed by atoms with van der Waals surface area (Å²) in [4.78, 5) is 4.35. The van der Waals surface area contributed by atoms with E-state index in [-0.39, 0.29) is 0 Å². The second kappa shape index (κ2) is 3.80. The van der Waals surface area contributed by atoms with E-state index >= 15 is 0 Å². The lowest BCUT2D eigenvalue weighted by atomic mass is 10.2. The summed E-state index contributed by atoms with van der Waals surface area (Å²) in [7, 11) is 1.36. The van der Waals surface area contributed by atoms with Crippen molar-refractivity contribution < 1.29 is 13.6 Å². The zero-order valence-corrected chi connectivity index (χ0v) is 6.34. The molecule has 0 heterocycles. The van der Waals surface area contributed by atoms with Crippen LogP contribution in [0.3, 0.4) is 0 Å². The Labute approximate surface area is 68.5 Å². The predicted molar refractivity (Wildman–Crippen MR) is 39.8 cm³/mol. The van der Waals surface area contributed by atoms with Gasteiger partial charge in [0.05, 0.1) is 6.21 Å². The number of oxime groups is 1. The average Bonchev–Trinajstić information content (AvgIpc) is 2.07. The maximum atomic E-state index is 12.5. The van der Waals surface area contributed by atoms with Crippen LogP contribution in [-0.2, 0) is 4.84 Å². The number of rotatable bonds is 2. The van der Waals surface area contributed by atoms with E-state index in [1.54, 1.807) is 0 Å². The molecule has 1 aromatic rings. The molecule has 1 rings (SSSR count). The number of benzene rings is 1. The molecule has 0 aromatic heterocycles. The molecule has 0 N–H and O–H groups in total. The first-order valence-corrected chi connectivity index (χ1v) is 3.18. The molecule has 0 unspecified atom stereocenters. The van der Waals surface area contributed by atoms with E-state index in [0.717, 1.165) is 6.07 Å². The summed E-state index contributed by atoms with van der Waals surface area (Å²) < 4.78 is 24.8. The molecule has 1 radical (unpaired) electrons. The largest absolute Gasteiger partial charge is 0.399 e. The molecular weight excluding hydrogens is 164 g/mol. The molecule has 0 aliphatic heterocycles. The van der Waals surface area contributed by atoms with Crippen LogP contribution >= 0.6 is 0 Å². The van der Waals surface area contributed by atoms with Gasteiger partial charge in [-0.15, -0.1) is 0 Å². The Hall–Kier alpha value is -1.45. The van der Waals surface area contributed by atoms with Crippen LogP contribution < -0.4 is 0 Å². The average molecular weight is 170 g/mol. The van der Waals surface area contributed by atoms with Gasteiger partial charge in [0.1, 0.15) is 7.11 Å². The van der Waals surface area contributed by atoms with Crippen molar-refractivity contribution in [3.63, 3.8) is 0 Å². The zero-order valence-electron chi connectivity index (χ0n) is 6.34. The monoisotopic (exact) mass is 170 g/mol. The van der Waals surface area contributed by atoms with Crippen LogP contribution in [-0.4, -0.2) is 13.3 Å². The SMILES string of the molecule is CON=Cc1[c]c(F)c(F)cc1. The molecule has 1 aromatic carbocycles. The van der Waals surface area contributed by atoms with Gasteiger partial charge < -0.3 is 4.84 Å². The van der Waals surface area contributed by atoms with E-state index in [1.165, 1.54) is 19.4 Å². The van der Waals surface area contributed by atoms with Crippen molar-refractivity contribution in [1.82, 2.24) is 0 Å². The zero-order chi connectivity index (χ0) is 8.97. The van der Waals surface area contributed by atoms with Crippen molar-refractivity contribution in [3.8, 4) is 0 Å². The summed E-state index contributed by atoms with van der Waals surface area (Å²) in [5.74, 6) is -1.94. The van der Waals surface area contributed by atoms with Crippen LogP contribution in [0.1, 0.15) is 5.56 Å². The van der Waals surface area contributed by atoms with Crippen molar-refractivity contribution in [2.24, 2.45) is 5.16 Å².